The number of furan rings is 1. The summed E-state index contributed by atoms with van der Waals surface area (Å²) in [6.07, 6.45) is -4.47. The summed E-state index contributed by atoms with van der Waals surface area (Å²) in [5, 5.41) is 0. The third kappa shape index (κ3) is 3.36. The van der Waals surface area contributed by atoms with Gasteiger partial charge in [0.25, 0.3) is 0 Å². The zero-order valence-electron chi connectivity index (χ0n) is 14.1. The van der Waals surface area contributed by atoms with Crippen molar-refractivity contribution in [2.75, 3.05) is 5.73 Å². The van der Waals surface area contributed by atoms with Crippen LogP contribution in [-0.2, 0) is 11.2 Å². The van der Waals surface area contributed by atoms with Gasteiger partial charge < -0.3 is 19.6 Å². The standard InChI is InChI=1S/C18H12F3N3O4/c19-18(20,21)28-10-5-2-1-4-9(10)8-12-15-13(16(25)27-12)14(23-17(22)24-15)11-6-3-7-26-11/h1-7,12H,8H2,(H2,22,23,24). The van der Waals surface area contributed by atoms with Crippen LogP contribution in [0.4, 0.5) is 19.1 Å². The van der Waals surface area contributed by atoms with Gasteiger partial charge in [-0.2, -0.15) is 0 Å². The van der Waals surface area contributed by atoms with Crippen LogP contribution in [-0.4, -0.2) is 22.3 Å². The lowest BCUT2D eigenvalue weighted by Crippen LogP contribution is -2.18. The Bertz CT molecular complexity index is 1040. The van der Waals surface area contributed by atoms with Gasteiger partial charge in [0.1, 0.15) is 28.8 Å². The number of esters is 1. The smallest absolute Gasteiger partial charge is 0.463 e. The molecule has 0 saturated carbocycles. The van der Waals surface area contributed by atoms with Gasteiger partial charge in [-0.1, -0.05) is 18.2 Å². The molecule has 10 heteroatoms. The van der Waals surface area contributed by atoms with Gasteiger partial charge in [-0.25, -0.2) is 14.8 Å². The predicted molar refractivity (Wildman–Crippen MR) is 89.1 cm³/mol. The lowest BCUT2D eigenvalue weighted by molar-refractivity contribution is -0.275. The number of rotatable bonds is 4. The van der Waals surface area contributed by atoms with Crippen LogP contribution in [0.15, 0.2) is 47.1 Å². The molecule has 0 aliphatic carbocycles. The summed E-state index contributed by atoms with van der Waals surface area (Å²) in [7, 11) is 0. The van der Waals surface area contributed by atoms with E-state index in [0.717, 1.165) is 0 Å². The van der Waals surface area contributed by atoms with Crippen molar-refractivity contribution in [2.24, 2.45) is 0 Å². The number of ether oxygens (including phenoxy) is 2. The summed E-state index contributed by atoms with van der Waals surface area (Å²) in [5.74, 6) is -0.912. The minimum Gasteiger partial charge on any atom is -0.463 e. The summed E-state index contributed by atoms with van der Waals surface area (Å²) < 4.78 is 52.6. The first-order valence-corrected chi connectivity index (χ1v) is 8.08. The van der Waals surface area contributed by atoms with Gasteiger partial charge in [0, 0.05) is 6.42 Å². The molecule has 4 rings (SSSR count). The minimum atomic E-state index is -4.85. The van der Waals surface area contributed by atoms with Crippen LogP contribution >= 0.6 is 0 Å². The third-order valence-corrected chi connectivity index (χ3v) is 4.07. The van der Waals surface area contributed by atoms with Gasteiger partial charge in [-0.3, -0.25) is 0 Å². The molecular formula is C18H12F3N3O4. The van der Waals surface area contributed by atoms with E-state index in [4.69, 9.17) is 14.9 Å². The van der Waals surface area contributed by atoms with Crippen molar-refractivity contribution >= 4 is 11.9 Å². The van der Waals surface area contributed by atoms with E-state index >= 15 is 0 Å². The van der Waals surface area contributed by atoms with E-state index in [1.807, 2.05) is 0 Å². The van der Waals surface area contributed by atoms with Crippen molar-refractivity contribution in [3.63, 3.8) is 0 Å². The number of aromatic nitrogens is 2. The Balaban J connectivity index is 1.72. The largest absolute Gasteiger partial charge is 0.573 e. The molecule has 1 aromatic carbocycles. The van der Waals surface area contributed by atoms with Crippen LogP contribution in [0.5, 0.6) is 5.75 Å². The normalized spacial score (nSPS) is 16.0. The van der Waals surface area contributed by atoms with E-state index in [0.29, 0.717) is 5.76 Å². The number of halogens is 3. The van der Waals surface area contributed by atoms with E-state index in [1.165, 1.54) is 24.5 Å². The zero-order chi connectivity index (χ0) is 19.9. The van der Waals surface area contributed by atoms with E-state index in [9.17, 15) is 18.0 Å². The SMILES string of the molecule is Nc1nc(-c2ccco2)c2c(n1)C(Cc1ccccc1OC(F)(F)F)OC2=O. The molecule has 0 bridgehead atoms. The molecule has 0 fully saturated rings. The van der Waals surface area contributed by atoms with Crippen LogP contribution in [0.2, 0.25) is 0 Å². The number of fused-ring (bicyclic) bond motifs is 1. The minimum absolute atomic E-state index is 0.0726. The quantitative estimate of drug-likeness (QED) is 0.677. The van der Waals surface area contributed by atoms with Crippen molar-refractivity contribution < 1.29 is 31.9 Å². The number of nitrogen functional groups attached to an aromatic ring is 1. The van der Waals surface area contributed by atoms with Gasteiger partial charge in [0.2, 0.25) is 5.95 Å². The molecule has 0 amide bonds. The number of hydrogen-bond acceptors (Lipinski definition) is 7. The summed E-state index contributed by atoms with van der Waals surface area (Å²) in [4.78, 5) is 20.5. The monoisotopic (exact) mass is 391 g/mol. The Morgan fingerprint density at radius 1 is 1.14 bits per heavy atom. The maximum atomic E-state index is 12.6. The molecule has 0 spiro atoms. The van der Waals surface area contributed by atoms with Crippen molar-refractivity contribution in [3.05, 3.63) is 59.5 Å². The van der Waals surface area contributed by atoms with Gasteiger partial charge in [0.05, 0.1) is 6.26 Å². The lowest BCUT2D eigenvalue weighted by Gasteiger charge is -2.15. The molecule has 3 aromatic rings. The highest BCUT2D eigenvalue weighted by atomic mass is 19.4. The Labute approximate surface area is 155 Å². The molecule has 0 saturated heterocycles. The molecule has 1 aliphatic heterocycles. The number of nitrogens with zero attached hydrogens (tertiary/aromatic N) is 2. The molecular weight excluding hydrogens is 379 g/mol. The summed E-state index contributed by atoms with van der Waals surface area (Å²) in [6.45, 7) is 0. The number of cyclic esters (lactones) is 1. The molecule has 1 aliphatic rings. The number of hydrogen-bond donors (Lipinski definition) is 1. The van der Waals surface area contributed by atoms with Crippen molar-refractivity contribution in [1.82, 2.24) is 9.97 Å². The molecule has 144 valence electrons. The molecule has 2 aromatic heterocycles. The molecule has 7 nitrogen and oxygen atoms in total. The number of carbonyl (C=O) groups excluding carboxylic acids is 1. The third-order valence-electron chi connectivity index (χ3n) is 4.07. The van der Waals surface area contributed by atoms with Crippen LogP contribution < -0.4 is 10.5 Å². The number of para-hydroxylation sites is 1. The second-order valence-electron chi connectivity index (χ2n) is 5.92. The first-order valence-electron chi connectivity index (χ1n) is 8.08. The molecule has 2 N–H and O–H groups in total. The Morgan fingerprint density at radius 2 is 1.93 bits per heavy atom. The number of benzene rings is 1. The highest BCUT2D eigenvalue weighted by Gasteiger charge is 2.38. The molecule has 1 atom stereocenters. The van der Waals surface area contributed by atoms with Crippen LogP contribution in [0.1, 0.15) is 27.7 Å². The number of carbonyl (C=O) groups is 1. The maximum Gasteiger partial charge on any atom is 0.573 e. The fourth-order valence-electron chi connectivity index (χ4n) is 3.00. The summed E-state index contributed by atoms with van der Waals surface area (Å²) >= 11 is 0. The van der Waals surface area contributed by atoms with Crippen molar-refractivity contribution in [3.8, 4) is 17.2 Å². The number of alkyl halides is 3. The van der Waals surface area contributed by atoms with E-state index in [1.54, 1.807) is 18.2 Å². The van der Waals surface area contributed by atoms with Gasteiger partial charge >= 0.3 is 12.3 Å². The fraction of sp³-hybridized carbons (Fsp3) is 0.167. The predicted octanol–water partition coefficient (Wildman–Crippen LogP) is 3.67. The first kappa shape index (κ1) is 17.8. The second-order valence-corrected chi connectivity index (χ2v) is 5.92. The summed E-state index contributed by atoms with van der Waals surface area (Å²) in [5.41, 5.74) is 6.37. The highest BCUT2D eigenvalue weighted by molar-refractivity contribution is 5.99. The van der Waals surface area contributed by atoms with Gasteiger partial charge in [-0.15, -0.1) is 13.2 Å². The molecule has 28 heavy (non-hydrogen) atoms. The number of nitrogens with two attached hydrogens (primary N) is 1. The Hall–Kier alpha value is -3.56. The van der Waals surface area contributed by atoms with Crippen LogP contribution in [0.3, 0.4) is 0 Å². The van der Waals surface area contributed by atoms with Gasteiger partial charge in [0.15, 0.2) is 5.76 Å². The first-order chi connectivity index (χ1) is 13.3. The lowest BCUT2D eigenvalue weighted by atomic mass is 10.0. The van der Waals surface area contributed by atoms with E-state index in [-0.39, 0.29) is 40.6 Å². The highest BCUT2D eigenvalue weighted by Crippen LogP contribution is 2.39. The Morgan fingerprint density at radius 3 is 2.64 bits per heavy atom. The van der Waals surface area contributed by atoms with Crippen LogP contribution in [0.25, 0.3) is 11.5 Å². The van der Waals surface area contributed by atoms with E-state index in [2.05, 4.69) is 14.7 Å². The number of anilines is 1. The maximum absolute atomic E-state index is 12.6. The topological polar surface area (TPSA) is 100 Å². The molecule has 1 unspecified atom stereocenters. The van der Waals surface area contributed by atoms with Crippen molar-refractivity contribution in [2.45, 2.75) is 18.9 Å². The van der Waals surface area contributed by atoms with E-state index < -0.39 is 18.4 Å². The fourth-order valence-corrected chi connectivity index (χ4v) is 3.00. The molecule has 3 heterocycles. The average Bonchev–Trinajstić information content (AvgIpc) is 3.24. The zero-order valence-corrected chi connectivity index (χ0v) is 14.1. The molecule has 0 radical (unpaired) electrons. The van der Waals surface area contributed by atoms with Gasteiger partial charge in [-0.05, 0) is 23.8 Å². The van der Waals surface area contributed by atoms with Crippen molar-refractivity contribution in [1.29, 1.82) is 0 Å². The Kier molecular flexibility index (Phi) is 4.17. The second kappa shape index (κ2) is 6.55. The average molecular weight is 391 g/mol. The van der Waals surface area contributed by atoms with Crippen LogP contribution in [0, 0.1) is 0 Å². The summed E-state index contributed by atoms with van der Waals surface area (Å²) in [6, 6.07) is 8.80.